The summed E-state index contributed by atoms with van der Waals surface area (Å²) in [7, 11) is -2.26. The Balaban J connectivity index is 2.05. The molecular weight excluding hydrogens is 284 g/mol. The van der Waals surface area contributed by atoms with Gasteiger partial charge in [-0.15, -0.1) is 0 Å². The van der Waals surface area contributed by atoms with Gasteiger partial charge in [-0.1, -0.05) is 0 Å². The lowest BCUT2D eigenvalue weighted by Gasteiger charge is -2.38. The summed E-state index contributed by atoms with van der Waals surface area (Å²) in [5.74, 6) is -0.918. The number of hydrogen-bond donors (Lipinski definition) is 2. The zero-order chi connectivity index (χ0) is 14.9. The van der Waals surface area contributed by atoms with E-state index in [-0.39, 0.29) is 18.6 Å². The van der Waals surface area contributed by atoms with Crippen LogP contribution in [0, 0.1) is 5.92 Å². The highest BCUT2D eigenvalue weighted by Gasteiger charge is 2.40. The van der Waals surface area contributed by atoms with Crippen LogP contribution in [0.2, 0.25) is 0 Å². The van der Waals surface area contributed by atoms with E-state index in [2.05, 4.69) is 0 Å². The number of aliphatic hydroxyl groups is 1. The van der Waals surface area contributed by atoms with Gasteiger partial charge in [-0.2, -0.15) is 17.0 Å². The van der Waals surface area contributed by atoms with Crippen LogP contribution >= 0.6 is 0 Å². The summed E-state index contributed by atoms with van der Waals surface area (Å²) in [6.07, 6.45) is 2.70. The molecule has 1 saturated heterocycles. The van der Waals surface area contributed by atoms with Crippen LogP contribution in [0.25, 0.3) is 0 Å². The first-order valence-electron chi connectivity index (χ1n) is 6.96. The van der Waals surface area contributed by atoms with Gasteiger partial charge in [-0.05, 0) is 38.0 Å². The minimum Gasteiger partial charge on any atom is -0.480 e. The van der Waals surface area contributed by atoms with E-state index >= 15 is 0 Å². The molecular formula is C12H22N2O5S. The van der Waals surface area contributed by atoms with Crippen LogP contribution in [0.3, 0.4) is 0 Å². The molecule has 1 atom stereocenters. The summed E-state index contributed by atoms with van der Waals surface area (Å²) in [5, 5.41) is 18.4. The molecule has 116 valence electrons. The molecule has 0 amide bonds. The third-order valence-corrected chi connectivity index (χ3v) is 6.12. The van der Waals surface area contributed by atoms with Gasteiger partial charge in [0.2, 0.25) is 0 Å². The SMILES string of the molecule is CN(CC1CC(O)C1)S(=O)(=O)N1CCCCC1C(=O)O. The third kappa shape index (κ3) is 3.13. The van der Waals surface area contributed by atoms with Crippen molar-refractivity contribution >= 4 is 16.2 Å². The average Bonchev–Trinajstić information content (AvgIpc) is 2.36. The molecule has 0 aromatic rings. The molecule has 20 heavy (non-hydrogen) atoms. The number of piperidine rings is 1. The van der Waals surface area contributed by atoms with Crippen LogP contribution < -0.4 is 0 Å². The van der Waals surface area contributed by atoms with E-state index in [0.717, 1.165) is 10.7 Å². The van der Waals surface area contributed by atoms with Gasteiger partial charge in [-0.3, -0.25) is 4.79 Å². The van der Waals surface area contributed by atoms with Crippen LogP contribution in [0.15, 0.2) is 0 Å². The maximum atomic E-state index is 12.5. The average molecular weight is 306 g/mol. The van der Waals surface area contributed by atoms with Gasteiger partial charge in [-0.25, -0.2) is 0 Å². The van der Waals surface area contributed by atoms with Gasteiger partial charge in [0.05, 0.1) is 6.10 Å². The molecule has 0 radical (unpaired) electrons. The molecule has 1 saturated carbocycles. The van der Waals surface area contributed by atoms with Crippen LogP contribution in [0.5, 0.6) is 0 Å². The highest BCUT2D eigenvalue weighted by molar-refractivity contribution is 7.86. The predicted octanol–water partition coefficient (Wildman–Crippen LogP) is -0.127. The minimum atomic E-state index is -3.74. The quantitative estimate of drug-likeness (QED) is 0.737. The highest BCUT2D eigenvalue weighted by Crippen LogP contribution is 2.29. The Kier molecular flexibility index (Phi) is 4.68. The van der Waals surface area contributed by atoms with Crippen LogP contribution in [0.1, 0.15) is 32.1 Å². The normalized spacial score (nSPS) is 32.0. The number of hydrogen-bond acceptors (Lipinski definition) is 4. The molecule has 0 aromatic heterocycles. The molecule has 2 N–H and O–H groups in total. The van der Waals surface area contributed by atoms with E-state index in [4.69, 9.17) is 0 Å². The topological polar surface area (TPSA) is 98.2 Å². The highest BCUT2D eigenvalue weighted by atomic mass is 32.2. The fourth-order valence-electron chi connectivity index (χ4n) is 2.91. The van der Waals surface area contributed by atoms with E-state index in [0.29, 0.717) is 32.2 Å². The summed E-state index contributed by atoms with van der Waals surface area (Å²) in [5.41, 5.74) is 0. The van der Waals surface area contributed by atoms with E-state index in [9.17, 15) is 23.4 Å². The van der Waals surface area contributed by atoms with Crippen molar-refractivity contribution in [1.82, 2.24) is 8.61 Å². The Hall–Kier alpha value is -0.700. The van der Waals surface area contributed by atoms with Crippen molar-refractivity contribution in [3.63, 3.8) is 0 Å². The largest absolute Gasteiger partial charge is 0.480 e. The second kappa shape index (κ2) is 5.97. The van der Waals surface area contributed by atoms with Crippen molar-refractivity contribution in [3.05, 3.63) is 0 Å². The minimum absolute atomic E-state index is 0.165. The molecule has 0 spiro atoms. The second-order valence-corrected chi connectivity index (χ2v) is 7.73. The number of aliphatic carboxylic acids is 1. The van der Waals surface area contributed by atoms with E-state index in [1.807, 2.05) is 0 Å². The number of rotatable bonds is 5. The van der Waals surface area contributed by atoms with Crippen LogP contribution in [-0.2, 0) is 15.0 Å². The lowest BCUT2D eigenvalue weighted by atomic mass is 9.82. The molecule has 8 heteroatoms. The van der Waals surface area contributed by atoms with Gasteiger partial charge in [0.15, 0.2) is 0 Å². The molecule has 2 rings (SSSR count). The first-order chi connectivity index (χ1) is 9.32. The van der Waals surface area contributed by atoms with E-state index < -0.39 is 22.2 Å². The summed E-state index contributed by atoms with van der Waals surface area (Å²) < 4.78 is 27.3. The van der Waals surface area contributed by atoms with Crippen LogP contribution in [-0.4, -0.2) is 65.5 Å². The Morgan fingerprint density at radius 1 is 1.35 bits per heavy atom. The molecule has 7 nitrogen and oxygen atoms in total. The van der Waals surface area contributed by atoms with Crippen molar-refractivity contribution in [3.8, 4) is 0 Å². The molecule has 1 aliphatic carbocycles. The van der Waals surface area contributed by atoms with Crippen molar-refractivity contribution in [2.75, 3.05) is 20.1 Å². The summed E-state index contributed by atoms with van der Waals surface area (Å²) >= 11 is 0. The van der Waals surface area contributed by atoms with Gasteiger partial charge in [0, 0.05) is 20.1 Å². The summed E-state index contributed by atoms with van der Waals surface area (Å²) in [6.45, 7) is 0.596. The van der Waals surface area contributed by atoms with E-state index in [1.165, 1.54) is 11.4 Å². The number of carboxylic acids is 1. The summed E-state index contributed by atoms with van der Waals surface area (Å²) in [4.78, 5) is 11.2. The maximum absolute atomic E-state index is 12.5. The Labute approximate surface area is 119 Å². The second-order valence-electron chi connectivity index (χ2n) is 5.74. The van der Waals surface area contributed by atoms with Crippen molar-refractivity contribution in [1.29, 1.82) is 0 Å². The number of nitrogens with zero attached hydrogens (tertiary/aromatic N) is 2. The number of aliphatic hydroxyl groups excluding tert-OH is 1. The van der Waals surface area contributed by atoms with Crippen LogP contribution in [0.4, 0.5) is 0 Å². The molecule has 1 heterocycles. The molecule has 1 aliphatic heterocycles. The fraction of sp³-hybridized carbons (Fsp3) is 0.917. The van der Waals surface area contributed by atoms with Gasteiger partial charge in [0.1, 0.15) is 6.04 Å². The first-order valence-corrected chi connectivity index (χ1v) is 8.36. The number of carboxylic acid groups (broad SMARTS) is 1. The standard InChI is InChI=1S/C12H22N2O5S/c1-13(8-9-6-10(15)7-9)20(18,19)14-5-3-2-4-11(14)12(16)17/h9-11,15H,2-8H2,1H3,(H,16,17). The van der Waals surface area contributed by atoms with Crippen molar-refractivity contribution in [2.24, 2.45) is 5.92 Å². The number of carbonyl (C=O) groups is 1. The lowest BCUT2D eigenvalue weighted by Crippen LogP contribution is -2.53. The molecule has 1 unspecified atom stereocenters. The summed E-state index contributed by atoms with van der Waals surface area (Å²) in [6, 6.07) is -0.955. The molecule has 2 aliphatic rings. The van der Waals surface area contributed by atoms with Crippen molar-refractivity contribution in [2.45, 2.75) is 44.2 Å². The monoisotopic (exact) mass is 306 g/mol. The van der Waals surface area contributed by atoms with Gasteiger partial charge in [0.25, 0.3) is 10.2 Å². The van der Waals surface area contributed by atoms with E-state index in [1.54, 1.807) is 0 Å². The third-order valence-electron chi connectivity index (χ3n) is 4.16. The molecule has 2 fully saturated rings. The Bertz CT molecular complexity index is 460. The fourth-order valence-corrected chi connectivity index (χ4v) is 4.55. The van der Waals surface area contributed by atoms with Gasteiger partial charge < -0.3 is 10.2 Å². The smallest absolute Gasteiger partial charge is 0.322 e. The zero-order valence-electron chi connectivity index (χ0n) is 11.6. The molecule has 0 bridgehead atoms. The predicted molar refractivity (Wildman–Crippen MR) is 72.3 cm³/mol. The maximum Gasteiger partial charge on any atom is 0.322 e. The van der Waals surface area contributed by atoms with Gasteiger partial charge >= 0.3 is 5.97 Å². The first kappa shape index (κ1) is 15.7. The Morgan fingerprint density at radius 3 is 2.55 bits per heavy atom. The lowest BCUT2D eigenvalue weighted by molar-refractivity contribution is -0.142. The Morgan fingerprint density at radius 2 is 2.00 bits per heavy atom. The van der Waals surface area contributed by atoms with Crippen molar-refractivity contribution < 1.29 is 23.4 Å². The molecule has 0 aromatic carbocycles. The zero-order valence-corrected chi connectivity index (χ0v) is 12.4.